The Morgan fingerprint density at radius 3 is 2.78 bits per heavy atom. The number of anilines is 2. The average molecular weight is 419 g/mol. The number of nitrogens with zero attached hydrogens (tertiary/aromatic N) is 1. The molecule has 0 amide bonds. The summed E-state index contributed by atoms with van der Waals surface area (Å²) in [7, 11) is 1.58. The Morgan fingerprint density at radius 1 is 1.15 bits per heavy atom. The zero-order valence-corrected chi connectivity index (χ0v) is 16.3. The lowest BCUT2D eigenvalue weighted by molar-refractivity contribution is 0.415. The van der Waals surface area contributed by atoms with Gasteiger partial charge < -0.3 is 14.5 Å². The van der Waals surface area contributed by atoms with E-state index in [0.29, 0.717) is 43.5 Å². The van der Waals surface area contributed by atoms with E-state index >= 15 is 0 Å². The van der Waals surface area contributed by atoms with Gasteiger partial charge in [-0.1, -0.05) is 23.2 Å². The quantitative estimate of drug-likeness (QED) is 0.413. The number of nitrogens with one attached hydrogen (secondary N) is 1. The number of methoxy groups -OCH3 is 1. The molecule has 0 unspecified atom stereocenters. The second-order valence-corrected chi connectivity index (χ2v) is 7.34. The van der Waals surface area contributed by atoms with Gasteiger partial charge in [-0.25, -0.2) is 9.78 Å². The highest BCUT2D eigenvalue weighted by atomic mass is 35.5. The van der Waals surface area contributed by atoms with Gasteiger partial charge in [0.05, 0.1) is 29.1 Å². The summed E-state index contributed by atoms with van der Waals surface area (Å²) in [5.74, 6) is 0.681. The number of fused-ring (bicyclic) bond motifs is 1. The highest BCUT2D eigenvalue weighted by Crippen LogP contribution is 2.32. The fraction of sp³-hybridized carbons (Fsp3) is 0.0526. The van der Waals surface area contributed by atoms with Crippen molar-refractivity contribution in [1.29, 1.82) is 0 Å². The van der Waals surface area contributed by atoms with Crippen LogP contribution < -0.4 is 15.7 Å². The maximum atomic E-state index is 12.4. The second-order valence-electron chi connectivity index (χ2n) is 5.64. The molecule has 0 bridgehead atoms. The molecule has 0 radical (unpaired) electrons. The molecule has 27 heavy (non-hydrogen) atoms. The zero-order chi connectivity index (χ0) is 19.0. The van der Waals surface area contributed by atoms with Gasteiger partial charge in [0.2, 0.25) is 0 Å². The summed E-state index contributed by atoms with van der Waals surface area (Å²) in [4.78, 5) is 16.8. The molecule has 0 spiro atoms. The molecule has 0 aliphatic heterocycles. The fourth-order valence-electron chi connectivity index (χ4n) is 2.57. The number of halogens is 2. The van der Waals surface area contributed by atoms with E-state index in [-0.39, 0.29) is 0 Å². The molecule has 2 aromatic carbocycles. The zero-order valence-electron chi connectivity index (χ0n) is 14.0. The minimum Gasteiger partial charge on any atom is -0.497 e. The molecule has 1 N–H and O–H groups in total. The summed E-state index contributed by atoms with van der Waals surface area (Å²) < 4.78 is 10.6. The monoisotopic (exact) mass is 418 g/mol. The lowest BCUT2D eigenvalue weighted by Crippen LogP contribution is -2.03. The first-order chi connectivity index (χ1) is 13.0. The second kappa shape index (κ2) is 7.23. The van der Waals surface area contributed by atoms with Crippen LogP contribution in [0.4, 0.5) is 10.8 Å². The van der Waals surface area contributed by atoms with Crippen molar-refractivity contribution in [2.75, 3.05) is 12.4 Å². The number of thiazole rings is 1. The molecule has 0 aliphatic carbocycles. The van der Waals surface area contributed by atoms with Crippen LogP contribution in [0.15, 0.2) is 57.1 Å². The Morgan fingerprint density at radius 2 is 2.00 bits per heavy atom. The van der Waals surface area contributed by atoms with E-state index in [1.54, 1.807) is 55.0 Å². The normalized spacial score (nSPS) is 10.9. The standard InChI is InChI=1S/C19H12Cl2N2O3S/c1-25-12-3-5-17-10(6-12)7-13(18(24)26-17)16-9-27-19(23-16)22-15-4-2-11(20)8-14(15)21/h2-9H,1H3,(H,22,23). The van der Waals surface area contributed by atoms with Crippen molar-refractivity contribution in [2.45, 2.75) is 0 Å². The minimum atomic E-state index is -0.450. The SMILES string of the molecule is COc1ccc2oc(=O)c(-c3csc(Nc4ccc(Cl)cc4Cl)n3)cc2c1. The largest absolute Gasteiger partial charge is 0.497 e. The maximum Gasteiger partial charge on any atom is 0.345 e. The number of aromatic nitrogens is 1. The molecule has 0 fully saturated rings. The third-order valence-electron chi connectivity index (χ3n) is 3.89. The number of hydrogen-bond donors (Lipinski definition) is 1. The van der Waals surface area contributed by atoms with Gasteiger partial charge in [0.1, 0.15) is 11.3 Å². The van der Waals surface area contributed by atoms with Crippen molar-refractivity contribution < 1.29 is 9.15 Å². The molecule has 2 heterocycles. The molecule has 136 valence electrons. The molecule has 4 aromatic rings. The molecule has 5 nitrogen and oxygen atoms in total. The van der Waals surface area contributed by atoms with Crippen LogP contribution in [0.3, 0.4) is 0 Å². The van der Waals surface area contributed by atoms with Crippen LogP contribution in [-0.2, 0) is 0 Å². The van der Waals surface area contributed by atoms with Crippen molar-refractivity contribution in [3.05, 3.63) is 68.3 Å². The summed E-state index contributed by atoms with van der Waals surface area (Å²) in [6.45, 7) is 0. The van der Waals surface area contributed by atoms with E-state index < -0.39 is 5.63 Å². The topological polar surface area (TPSA) is 64.4 Å². The number of ether oxygens (including phenoxy) is 1. The van der Waals surface area contributed by atoms with E-state index in [2.05, 4.69) is 10.3 Å². The Bertz CT molecular complexity index is 1200. The van der Waals surface area contributed by atoms with Gasteiger partial charge in [0, 0.05) is 15.8 Å². The van der Waals surface area contributed by atoms with Crippen molar-refractivity contribution >= 4 is 56.3 Å². The average Bonchev–Trinajstić information content (AvgIpc) is 3.11. The van der Waals surface area contributed by atoms with Crippen molar-refractivity contribution in [3.8, 4) is 17.0 Å². The minimum absolute atomic E-state index is 0.377. The Kier molecular flexibility index (Phi) is 4.78. The number of rotatable bonds is 4. The van der Waals surface area contributed by atoms with E-state index in [0.717, 1.165) is 5.39 Å². The highest BCUT2D eigenvalue weighted by Gasteiger charge is 2.13. The number of benzene rings is 2. The predicted molar refractivity (Wildman–Crippen MR) is 110 cm³/mol. The van der Waals surface area contributed by atoms with Crippen molar-refractivity contribution in [1.82, 2.24) is 4.98 Å². The van der Waals surface area contributed by atoms with Gasteiger partial charge in [-0.05, 0) is 42.5 Å². The van der Waals surface area contributed by atoms with Crippen molar-refractivity contribution in [3.63, 3.8) is 0 Å². The molecule has 0 saturated carbocycles. The molecular formula is C19H12Cl2N2O3S. The van der Waals surface area contributed by atoms with Crippen LogP contribution >= 0.6 is 34.5 Å². The summed E-state index contributed by atoms with van der Waals surface area (Å²) in [6.07, 6.45) is 0. The van der Waals surface area contributed by atoms with Gasteiger partial charge >= 0.3 is 5.63 Å². The third kappa shape index (κ3) is 3.64. The van der Waals surface area contributed by atoms with Gasteiger partial charge in [0.25, 0.3) is 0 Å². The van der Waals surface area contributed by atoms with E-state index in [9.17, 15) is 4.79 Å². The van der Waals surface area contributed by atoms with Gasteiger partial charge in [-0.3, -0.25) is 0 Å². The van der Waals surface area contributed by atoms with Crippen LogP contribution in [-0.4, -0.2) is 12.1 Å². The first kappa shape index (κ1) is 17.9. The van der Waals surface area contributed by atoms with Crippen LogP contribution in [0.5, 0.6) is 5.75 Å². The molecule has 8 heteroatoms. The Hall–Kier alpha value is -2.54. The maximum absolute atomic E-state index is 12.4. The van der Waals surface area contributed by atoms with Gasteiger partial charge in [-0.2, -0.15) is 0 Å². The van der Waals surface area contributed by atoms with E-state index in [1.807, 2.05) is 0 Å². The smallest absolute Gasteiger partial charge is 0.345 e. The first-order valence-corrected chi connectivity index (χ1v) is 9.47. The van der Waals surface area contributed by atoms with Crippen LogP contribution in [0.25, 0.3) is 22.2 Å². The fourth-order valence-corrected chi connectivity index (χ4v) is 3.75. The molecule has 4 rings (SSSR count). The van der Waals surface area contributed by atoms with Crippen LogP contribution in [0.2, 0.25) is 10.0 Å². The molecular weight excluding hydrogens is 407 g/mol. The third-order valence-corrected chi connectivity index (χ3v) is 5.20. The van der Waals surface area contributed by atoms with E-state index in [4.69, 9.17) is 32.4 Å². The molecule has 2 aromatic heterocycles. The molecule has 0 saturated heterocycles. The lowest BCUT2D eigenvalue weighted by Gasteiger charge is -2.05. The summed E-state index contributed by atoms with van der Waals surface area (Å²) in [5.41, 5.74) is 1.62. The van der Waals surface area contributed by atoms with Crippen molar-refractivity contribution in [2.24, 2.45) is 0 Å². The van der Waals surface area contributed by atoms with Gasteiger partial charge in [0.15, 0.2) is 5.13 Å². The summed E-state index contributed by atoms with van der Waals surface area (Å²) in [5, 5.41) is 7.30. The summed E-state index contributed by atoms with van der Waals surface area (Å²) >= 11 is 13.4. The van der Waals surface area contributed by atoms with Crippen LogP contribution in [0.1, 0.15) is 0 Å². The first-order valence-electron chi connectivity index (χ1n) is 7.83. The lowest BCUT2D eigenvalue weighted by atomic mass is 10.1. The predicted octanol–water partition coefficient (Wildman–Crippen LogP) is 5.98. The summed E-state index contributed by atoms with van der Waals surface area (Å²) in [6, 6.07) is 12.1. The molecule has 0 atom stereocenters. The number of hydrogen-bond acceptors (Lipinski definition) is 6. The van der Waals surface area contributed by atoms with Crippen LogP contribution in [0, 0.1) is 0 Å². The Balaban J connectivity index is 1.70. The van der Waals surface area contributed by atoms with Gasteiger partial charge in [-0.15, -0.1) is 11.3 Å². The molecule has 0 aliphatic rings. The van der Waals surface area contributed by atoms with E-state index in [1.165, 1.54) is 11.3 Å². The Labute approximate surface area is 168 Å². The highest BCUT2D eigenvalue weighted by molar-refractivity contribution is 7.14.